The fraction of sp³-hybridized carbons (Fsp3) is 0.257. The van der Waals surface area contributed by atoms with Crippen LogP contribution in [0.1, 0.15) is 35.2 Å². The van der Waals surface area contributed by atoms with Gasteiger partial charge in [-0.2, -0.15) is 0 Å². The summed E-state index contributed by atoms with van der Waals surface area (Å²) in [6, 6.07) is 18.2. The van der Waals surface area contributed by atoms with Crippen molar-refractivity contribution in [3.8, 4) is 11.3 Å². The normalized spacial score (nSPS) is 13.1. The maximum atomic E-state index is 13.2. The standard InChI is InChI=1S/C29H26FN5O3.C6H13N/c1-20-25(26-17-34(3)29(38)28(32-26)31-23-11-7-21(18-36)8-12-23)5-4-6-27(20)35(19-37)16-15-33(2)24-13-9-22(30)10-14-24;1-7-5-3-2-4-6-7/h4-19H,1-3H3,(H,31,32);2-6H2,1H3/b16-15-;. The zero-order chi connectivity index (χ0) is 32.3. The molecule has 3 aromatic carbocycles. The molecule has 234 valence electrons. The van der Waals surface area contributed by atoms with Crippen LogP contribution in [0, 0.1) is 12.7 Å². The van der Waals surface area contributed by atoms with E-state index in [4.69, 9.17) is 0 Å². The first-order chi connectivity index (χ1) is 21.7. The quantitative estimate of drug-likeness (QED) is 0.228. The highest BCUT2D eigenvalue weighted by molar-refractivity contribution is 5.83. The molecule has 1 fully saturated rings. The number of aryl methyl sites for hydroxylation is 1. The van der Waals surface area contributed by atoms with Gasteiger partial charge in [-0.1, -0.05) is 18.6 Å². The van der Waals surface area contributed by atoms with E-state index in [1.165, 1.54) is 54.0 Å². The van der Waals surface area contributed by atoms with E-state index in [9.17, 15) is 18.8 Å². The highest BCUT2D eigenvalue weighted by atomic mass is 19.1. The van der Waals surface area contributed by atoms with Crippen molar-refractivity contribution in [2.24, 2.45) is 7.05 Å². The van der Waals surface area contributed by atoms with Crippen molar-refractivity contribution in [3.05, 3.63) is 113 Å². The summed E-state index contributed by atoms with van der Waals surface area (Å²) in [7, 11) is 5.63. The highest BCUT2D eigenvalue weighted by Crippen LogP contribution is 2.30. The summed E-state index contributed by atoms with van der Waals surface area (Å²) in [5.41, 5.74) is 4.27. The number of benzene rings is 3. The molecule has 0 radical (unpaired) electrons. The third-order valence-electron chi connectivity index (χ3n) is 7.62. The van der Waals surface area contributed by atoms with Gasteiger partial charge in [0.2, 0.25) is 6.41 Å². The molecule has 0 unspecified atom stereocenters. The summed E-state index contributed by atoms with van der Waals surface area (Å²) in [4.78, 5) is 45.9. The number of likely N-dealkylation sites (tertiary alicyclic amines) is 1. The molecule has 0 bridgehead atoms. The lowest BCUT2D eigenvalue weighted by Crippen LogP contribution is -2.24. The first-order valence-electron chi connectivity index (χ1n) is 14.8. The SMILES string of the molecule is CN1CCCCC1.Cc1c(-c2cn(C)c(=O)c(Nc3ccc(C=O)cc3)n2)cccc1N(C=O)/C=C\N(C)c1ccc(F)cc1. The second kappa shape index (κ2) is 15.6. The van der Waals surface area contributed by atoms with Crippen molar-refractivity contribution in [2.75, 3.05) is 42.3 Å². The van der Waals surface area contributed by atoms with Crippen molar-refractivity contribution in [1.82, 2.24) is 14.5 Å². The molecule has 1 aromatic heterocycles. The predicted molar refractivity (Wildman–Crippen MR) is 179 cm³/mol. The molecule has 1 N–H and O–H groups in total. The van der Waals surface area contributed by atoms with E-state index in [-0.39, 0.29) is 17.2 Å². The number of nitrogens with one attached hydrogen (secondary N) is 1. The molecule has 45 heavy (non-hydrogen) atoms. The van der Waals surface area contributed by atoms with E-state index >= 15 is 0 Å². The zero-order valence-electron chi connectivity index (χ0n) is 26.1. The molecule has 1 aliphatic rings. The minimum atomic E-state index is -0.325. The third-order valence-corrected chi connectivity index (χ3v) is 7.62. The van der Waals surface area contributed by atoms with Crippen molar-refractivity contribution in [3.63, 3.8) is 0 Å². The highest BCUT2D eigenvalue weighted by Gasteiger charge is 2.15. The van der Waals surface area contributed by atoms with Gasteiger partial charge >= 0.3 is 0 Å². The lowest BCUT2D eigenvalue weighted by atomic mass is 10.0. The third kappa shape index (κ3) is 8.73. The fourth-order valence-electron chi connectivity index (χ4n) is 4.94. The van der Waals surface area contributed by atoms with E-state index in [0.29, 0.717) is 29.0 Å². The Kier molecular flexibility index (Phi) is 11.4. The average Bonchev–Trinajstić information content (AvgIpc) is 3.05. The van der Waals surface area contributed by atoms with Crippen molar-refractivity contribution in [1.29, 1.82) is 0 Å². The number of piperidine rings is 1. The molecular weight excluding hydrogens is 571 g/mol. The number of rotatable bonds is 9. The molecule has 0 saturated carbocycles. The van der Waals surface area contributed by atoms with Crippen LogP contribution in [0.25, 0.3) is 11.3 Å². The summed E-state index contributed by atoms with van der Waals surface area (Å²) in [6.07, 6.45) is 10.7. The summed E-state index contributed by atoms with van der Waals surface area (Å²) in [5.74, 6) is -0.198. The maximum Gasteiger partial charge on any atom is 0.293 e. The molecule has 5 rings (SSSR count). The Balaban J connectivity index is 0.000000580. The van der Waals surface area contributed by atoms with Crippen LogP contribution >= 0.6 is 0 Å². The van der Waals surface area contributed by atoms with Crippen LogP contribution in [-0.4, -0.2) is 54.3 Å². The van der Waals surface area contributed by atoms with Crippen LogP contribution in [0.3, 0.4) is 0 Å². The van der Waals surface area contributed by atoms with Gasteiger partial charge in [-0.3, -0.25) is 19.3 Å². The molecule has 1 aliphatic heterocycles. The molecule has 0 spiro atoms. The van der Waals surface area contributed by atoms with E-state index in [0.717, 1.165) is 23.1 Å². The molecule has 1 amide bonds. The minimum absolute atomic E-state index is 0.127. The van der Waals surface area contributed by atoms with Gasteiger partial charge in [0.1, 0.15) is 12.1 Å². The zero-order valence-corrected chi connectivity index (χ0v) is 26.1. The van der Waals surface area contributed by atoms with Gasteiger partial charge in [0, 0.05) is 55.2 Å². The summed E-state index contributed by atoms with van der Waals surface area (Å²) in [6.45, 7) is 4.51. The van der Waals surface area contributed by atoms with E-state index < -0.39 is 0 Å². The van der Waals surface area contributed by atoms with Crippen LogP contribution in [0.4, 0.5) is 27.3 Å². The summed E-state index contributed by atoms with van der Waals surface area (Å²) in [5, 5.41) is 3.03. The Labute approximate surface area is 263 Å². The van der Waals surface area contributed by atoms with Gasteiger partial charge in [-0.05, 0) is 100 Å². The molecule has 9 nitrogen and oxygen atoms in total. The largest absolute Gasteiger partial charge is 0.350 e. The van der Waals surface area contributed by atoms with Gasteiger partial charge in [-0.15, -0.1) is 0 Å². The molecule has 1 saturated heterocycles. The minimum Gasteiger partial charge on any atom is -0.350 e. The second-order valence-corrected chi connectivity index (χ2v) is 11.0. The first-order valence-corrected chi connectivity index (χ1v) is 14.8. The monoisotopic (exact) mass is 610 g/mol. The van der Waals surface area contributed by atoms with Gasteiger partial charge in [-0.25, -0.2) is 9.37 Å². The van der Waals surface area contributed by atoms with E-state index in [1.54, 1.807) is 74.0 Å². The van der Waals surface area contributed by atoms with Gasteiger partial charge < -0.3 is 19.7 Å². The topological polar surface area (TPSA) is 90.8 Å². The number of aldehydes is 1. The van der Waals surface area contributed by atoms with Crippen LogP contribution < -0.4 is 20.7 Å². The number of hydrogen-bond acceptors (Lipinski definition) is 7. The molecule has 2 heterocycles. The van der Waals surface area contributed by atoms with Crippen molar-refractivity contribution >= 4 is 35.6 Å². The van der Waals surface area contributed by atoms with E-state index in [1.807, 2.05) is 25.1 Å². The lowest BCUT2D eigenvalue weighted by Gasteiger charge is -2.20. The molecule has 0 atom stereocenters. The molecular formula is C35H39FN6O3. The average molecular weight is 611 g/mol. The Hall–Kier alpha value is -5.09. The number of hydrogen-bond donors (Lipinski definition) is 1. The predicted octanol–water partition coefficient (Wildman–Crippen LogP) is 6.12. The first kappa shape index (κ1) is 32.8. The number of nitrogens with zero attached hydrogens (tertiary/aromatic N) is 5. The van der Waals surface area contributed by atoms with Crippen LogP contribution in [-0.2, 0) is 11.8 Å². The Morgan fingerprint density at radius 1 is 0.911 bits per heavy atom. The smallest absolute Gasteiger partial charge is 0.293 e. The fourth-order valence-corrected chi connectivity index (χ4v) is 4.94. The number of amides is 1. The maximum absolute atomic E-state index is 13.2. The van der Waals surface area contributed by atoms with Crippen molar-refractivity contribution in [2.45, 2.75) is 26.2 Å². The Morgan fingerprint density at radius 3 is 2.20 bits per heavy atom. The van der Waals surface area contributed by atoms with E-state index in [2.05, 4.69) is 22.2 Å². The summed E-state index contributed by atoms with van der Waals surface area (Å²) < 4.78 is 14.7. The number of anilines is 4. The number of aromatic nitrogens is 2. The number of halogens is 1. The molecule has 10 heteroatoms. The lowest BCUT2D eigenvalue weighted by molar-refractivity contribution is -0.107. The van der Waals surface area contributed by atoms with Crippen LogP contribution in [0.5, 0.6) is 0 Å². The molecule has 4 aromatic rings. The van der Waals surface area contributed by atoms with Gasteiger partial charge in [0.05, 0.1) is 11.4 Å². The van der Waals surface area contributed by atoms with Gasteiger partial charge in [0.25, 0.3) is 5.56 Å². The number of carbonyl (C=O) groups is 2. The van der Waals surface area contributed by atoms with Crippen LogP contribution in [0.15, 0.2) is 90.1 Å². The number of carbonyl (C=O) groups excluding carboxylic acids is 2. The Morgan fingerprint density at radius 2 is 1.60 bits per heavy atom. The van der Waals surface area contributed by atoms with Gasteiger partial charge in [0.15, 0.2) is 5.82 Å². The molecule has 0 aliphatic carbocycles. The van der Waals surface area contributed by atoms with Crippen LogP contribution in [0.2, 0.25) is 0 Å². The summed E-state index contributed by atoms with van der Waals surface area (Å²) >= 11 is 0. The second-order valence-electron chi connectivity index (χ2n) is 11.0. The Bertz CT molecular complexity index is 1680. The van der Waals surface area contributed by atoms with Crippen molar-refractivity contribution < 1.29 is 14.0 Å².